The number of benzene rings is 1. The normalized spacial score (nSPS) is 30.1. The second-order valence-electron chi connectivity index (χ2n) is 4.31. The molecule has 72 valence electrons. The van der Waals surface area contributed by atoms with Crippen LogP contribution in [0.15, 0.2) is 36.4 Å². The van der Waals surface area contributed by atoms with Gasteiger partial charge in [0.05, 0.1) is 0 Å². The molecule has 1 N–H and O–H groups in total. The topological polar surface area (TPSA) is 12.0 Å². The maximum Gasteiger partial charge on any atom is 0.0259 e. The van der Waals surface area contributed by atoms with E-state index in [1.54, 1.807) is 0 Å². The molecule has 2 atom stereocenters. The molecule has 0 radical (unpaired) electrons. The molecule has 2 bridgehead atoms. The lowest BCUT2D eigenvalue weighted by Gasteiger charge is -2.21. The highest BCUT2D eigenvalue weighted by molar-refractivity contribution is 5.67. The Bertz CT molecular complexity index is 353. The highest BCUT2D eigenvalue weighted by atomic mass is 15.0. The summed E-state index contributed by atoms with van der Waals surface area (Å²) in [6.07, 6.45) is 6.29. The van der Waals surface area contributed by atoms with Crippen molar-refractivity contribution >= 4 is 5.57 Å². The minimum absolute atomic E-state index is 0.643. The van der Waals surface area contributed by atoms with E-state index in [0.29, 0.717) is 6.04 Å². The Hall–Kier alpha value is -1.08. The summed E-state index contributed by atoms with van der Waals surface area (Å²) in [5, 5.41) is 3.61. The van der Waals surface area contributed by atoms with Crippen LogP contribution < -0.4 is 5.32 Å². The van der Waals surface area contributed by atoms with E-state index in [4.69, 9.17) is 0 Å². The van der Waals surface area contributed by atoms with Crippen LogP contribution in [0.3, 0.4) is 0 Å². The highest BCUT2D eigenvalue weighted by Gasteiger charge is 2.27. The van der Waals surface area contributed by atoms with Crippen molar-refractivity contribution in [3.63, 3.8) is 0 Å². The van der Waals surface area contributed by atoms with Crippen molar-refractivity contribution in [2.45, 2.75) is 31.3 Å². The van der Waals surface area contributed by atoms with Crippen LogP contribution in [0.4, 0.5) is 0 Å². The average Bonchev–Trinajstić information content (AvgIpc) is 2.59. The van der Waals surface area contributed by atoms with Crippen molar-refractivity contribution in [2.24, 2.45) is 0 Å². The fourth-order valence-corrected chi connectivity index (χ4v) is 2.59. The summed E-state index contributed by atoms with van der Waals surface area (Å²) in [6, 6.07) is 12.1. The molecule has 1 fully saturated rings. The zero-order chi connectivity index (χ0) is 9.38. The summed E-state index contributed by atoms with van der Waals surface area (Å²) in [6.45, 7) is 0. The first kappa shape index (κ1) is 8.25. The number of nitrogens with one attached hydrogen (secondary N) is 1. The summed E-state index contributed by atoms with van der Waals surface area (Å²) in [7, 11) is 0. The van der Waals surface area contributed by atoms with Crippen LogP contribution in [-0.2, 0) is 0 Å². The van der Waals surface area contributed by atoms with Crippen LogP contribution >= 0.6 is 0 Å². The molecule has 0 spiro atoms. The van der Waals surface area contributed by atoms with Crippen LogP contribution in [0.5, 0.6) is 0 Å². The van der Waals surface area contributed by atoms with E-state index in [2.05, 4.69) is 41.7 Å². The third-order valence-corrected chi connectivity index (χ3v) is 3.29. The molecule has 2 heterocycles. The van der Waals surface area contributed by atoms with Crippen LogP contribution in [0.2, 0.25) is 0 Å². The molecule has 0 aromatic heterocycles. The van der Waals surface area contributed by atoms with E-state index in [9.17, 15) is 0 Å². The van der Waals surface area contributed by atoms with Gasteiger partial charge in [-0.2, -0.15) is 0 Å². The molecule has 0 saturated carbocycles. The van der Waals surface area contributed by atoms with Gasteiger partial charge >= 0.3 is 0 Å². The molecule has 0 aliphatic carbocycles. The van der Waals surface area contributed by atoms with E-state index in [-0.39, 0.29) is 0 Å². The first-order chi connectivity index (χ1) is 6.92. The summed E-state index contributed by atoms with van der Waals surface area (Å²) >= 11 is 0. The number of fused-ring (bicyclic) bond motifs is 2. The smallest absolute Gasteiger partial charge is 0.0259 e. The standard InChI is InChI=1S/C13H15N/c1-2-4-10(5-3-1)11-8-12-6-7-13(9-11)14-12/h1-5,8,12-14H,6-7,9H2/t12-,13+/m0/s1. The quantitative estimate of drug-likeness (QED) is 0.709. The lowest BCUT2D eigenvalue weighted by atomic mass is 9.96. The zero-order valence-electron chi connectivity index (χ0n) is 8.24. The first-order valence-corrected chi connectivity index (χ1v) is 5.44. The molecule has 1 saturated heterocycles. The van der Waals surface area contributed by atoms with E-state index in [1.165, 1.54) is 30.4 Å². The molecule has 3 rings (SSSR count). The Labute approximate surface area is 84.8 Å². The fourth-order valence-electron chi connectivity index (χ4n) is 2.59. The van der Waals surface area contributed by atoms with E-state index in [0.717, 1.165) is 6.04 Å². The summed E-state index contributed by atoms with van der Waals surface area (Å²) in [4.78, 5) is 0. The van der Waals surface area contributed by atoms with Gasteiger partial charge in [-0.25, -0.2) is 0 Å². The lowest BCUT2D eigenvalue weighted by molar-refractivity contribution is 0.575. The van der Waals surface area contributed by atoms with E-state index in [1.807, 2.05) is 0 Å². The molecule has 2 aliphatic heterocycles. The van der Waals surface area contributed by atoms with E-state index >= 15 is 0 Å². The molecule has 1 nitrogen and oxygen atoms in total. The maximum atomic E-state index is 3.61. The number of hydrogen-bond acceptors (Lipinski definition) is 1. The Morgan fingerprint density at radius 2 is 1.93 bits per heavy atom. The molecule has 0 amide bonds. The second-order valence-corrected chi connectivity index (χ2v) is 4.31. The van der Waals surface area contributed by atoms with Gasteiger partial charge < -0.3 is 5.32 Å². The second kappa shape index (κ2) is 3.25. The van der Waals surface area contributed by atoms with Crippen LogP contribution in [0.1, 0.15) is 24.8 Å². The van der Waals surface area contributed by atoms with Gasteiger partial charge in [-0.1, -0.05) is 36.4 Å². The van der Waals surface area contributed by atoms with Gasteiger partial charge in [-0.05, 0) is 30.4 Å². The van der Waals surface area contributed by atoms with Gasteiger partial charge in [0.15, 0.2) is 0 Å². The predicted octanol–water partition coefficient (Wildman–Crippen LogP) is 2.59. The summed E-state index contributed by atoms with van der Waals surface area (Å²) in [5.74, 6) is 0. The lowest BCUT2D eigenvalue weighted by Crippen LogP contribution is -2.31. The van der Waals surface area contributed by atoms with E-state index < -0.39 is 0 Å². The van der Waals surface area contributed by atoms with Crippen molar-refractivity contribution in [1.29, 1.82) is 0 Å². The van der Waals surface area contributed by atoms with Crippen LogP contribution in [-0.4, -0.2) is 12.1 Å². The van der Waals surface area contributed by atoms with Crippen molar-refractivity contribution in [3.05, 3.63) is 42.0 Å². The Morgan fingerprint density at radius 1 is 1.07 bits per heavy atom. The Balaban J connectivity index is 1.93. The molecule has 2 aliphatic rings. The van der Waals surface area contributed by atoms with Gasteiger partial charge in [0.25, 0.3) is 0 Å². The van der Waals surface area contributed by atoms with Gasteiger partial charge in [0.2, 0.25) is 0 Å². The average molecular weight is 185 g/mol. The molecular formula is C13H15N. The molecule has 1 heteroatoms. The third-order valence-electron chi connectivity index (χ3n) is 3.29. The van der Waals surface area contributed by atoms with Gasteiger partial charge in [0.1, 0.15) is 0 Å². The van der Waals surface area contributed by atoms with Crippen LogP contribution in [0.25, 0.3) is 5.57 Å². The third kappa shape index (κ3) is 1.38. The molecule has 14 heavy (non-hydrogen) atoms. The van der Waals surface area contributed by atoms with Crippen molar-refractivity contribution in [3.8, 4) is 0 Å². The largest absolute Gasteiger partial charge is 0.307 e. The molecule has 1 aromatic rings. The molecular weight excluding hydrogens is 170 g/mol. The van der Waals surface area contributed by atoms with Gasteiger partial charge in [-0.3, -0.25) is 0 Å². The van der Waals surface area contributed by atoms with Gasteiger partial charge in [0, 0.05) is 12.1 Å². The number of rotatable bonds is 1. The minimum atomic E-state index is 0.643. The Kier molecular flexibility index (Phi) is 1.91. The first-order valence-electron chi connectivity index (χ1n) is 5.44. The fraction of sp³-hybridized carbons (Fsp3) is 0.385. The van der Waals surface area contributed by atoms with Crippen molar-refractivity contribution < 1.29 is 0 Å². The molecule has 1 aromatic carbocycles. The van der Waals surface area contributed by atoms with Crippen LogP contribution in [0, 0.1) is 0 Å². The number of hydrogen-bond donors (Lipinski definition) is 1. The minimum Gasteiger partial charge on any atom is -0.307 e. The Morgan fingerprint density at radius 3 is 2.71 bits per heavy atom. The highest BCUT2D eigenvalue weighted by Crippen LogP contribution is 2.31. The van der Waals surface area contributed by atoms with Crippen molar-refractivity contribution in [2.75, 3.05) is 0 Å². The summed E-state index contributed by atoms with van der Waals surface area (Å²) in [5.41, 5.74) is 2.95. The predicted molar refractivity (Wildman–Crippen MR) is 59.0 cm³/mol. The molecule has 0 unspecified atom stereocenters. The van der Waals surface area contributed by atoms with Crippen molar-refractivity contribution in [1.82, 2.24) is 5.32 Å². The maximum absolute atomic E-state index is 3.61. The zero-order valence-corrected chi connectivity index (χ0v) is 8.24. The SMILES string of the molecule is C1=C(c2ccccc2)C[C@H]2CC[C@@H]1N2. The summed E-state index contributed by atoms with van der Waals surface area (Å²) < 4.78 is 0. The van der Waals surface area contributed by atoms with Gasteiger partial charge in [-0.15, -0.1) is 0 Å². The monoisotopic (exact) mass is 185 g/mol.